The molecule has 9 heteroatoms. The Morgan fingerprint density at radius 3 is 2.75 bits per heavy atom. The predicted molar refractivity (Wildman–Crippen MR) is 79.2 cm³/mol. The van der Waals surface area contributed by atoms with Gasteiger partial charge in [0, 0.05) is 18.1 Å². The van der Waals surface area contributed by atoms with Crippen molar-refractivity contribution in [1.82, 2.24) is 10.0 Å². The van der Waals surface area contributed by atoms with Gasteiger partial charge in [-0.2, -0.15) is 0 Å². The largest absolute Gasteiger partial charge is 0.383 e. The van der Waals surface area contributed by atoms with Crippen LogP contribution in [0.4, 0.5) is 0 Å². The zero-order valence-corrected chi connectivity index (χ0v) is 13.8. The van der Waals surface area contributed by atoms with Crippen molar-refractivity contribution in [3.05, 3.63) is 27.7 Å². The molecule has 1 aromatic rings. The quantitative estimate of drug-likeness (QED) is 0.690. The summed E-state index contributed by atoms with van der Waals surface area (Å²) in [6.07, 6.45) is 0. The van der Waals surface area contributed by atoms with Crippen molar-refractivity contribution in [2.24, 2.45) is 0 Å². The number of halogens is 2. The highest BCUT2D eigenvalue weighted by atomic mass is 79.9. The fourth-order valence-corrected chi connectivity index (χ4v) is 3.30. The van der Waals surface area contributed by atoms with Gasteiger partial charge in [-0.15, -0.1) is 0 Å². The number of carbonyl (C=O) groups excluding carboxylic acids is 1. The summed E-state index contributed by atoms with van der Waals surface area (Å²) in [6.45, 7) is 0.311. The Kier molecular flexibility index (Phi) is 6.90. The van der Waals surface area contributed by atoms with Crippen molar-refractivity contribution in [3.8, 4) is 0 Å². The molecule has 6 nitrogen and oxygen atoms in total. The highest BCUT2D eigenvalue weighted by Crippen LogP contribution is 2.24. The summed E-state index contributed by atoms with van der Waals surface area (Å²) in [5, 5.41) is 2.58. The fraction of sp³-hybridized carbons (Fsp3) is 0.364. The maximum atomic E-state index is 12.0. The third kappa shape index (κ3) is 5.37. The van der Waals surface area contributed by atoms with Crippen LogP contribution in [0.1, 0.15) is 0 Å². The minimum atomic E-state index is -3.83. The molecular formula is C11H14BrClN2O4S. The molecule has 1 rings (SSSR count). The van der Waals surface area contributed by atoms with Crippen molar-refractivity contribution in [3.63, 3.8) is 0 Å². The first-order valence-corrected chi connectivity index (χ1v) is 8.22. The standard InChI is InChI=1S/C11H14BrClN2O4S/c1-19-5-4-14-11(16)7-15-20(17,18)10-3-2-8(12)6-9(10)13/h2-3,6,15H,4-5,7H2,1H3,(H,14,16). The fourth-order valence-electron chi connectivity index (χ4n) is 1.29. The van der Waals surface area contributed by atoms with Crippen LogP contribution in [0.15, 0.2) is 27.6 Å². The molecule has 0 aliphatic heterocycles. The van der Waals surface area contributed by atoms with Crippen molar-refractivity contribution in [2.45, 2.75) is 4.90 Å². The minimum Gasteiger partial charge on any atom is -0.383 e. The SMILES string of the molecule is COCCNC(=O)CNS(=O)(=O)c1ccc(Br)cc1Cl. The molecular weight excluding hydrogens is 372 g/mol. The van der Waals surface area contributed by atoms with Crippen molar-refractivity contribution < 1.29 is 17.9 Å². The van der Waals surface area contributed by atoms with Crippen molar-refractivity contribution in [1.29, 1.82) is 0 Å². The van der Waals surface area contributed by atoms with Gasteiger partial charge in [-0.25, -0.2) is 13.1 Å². The number of benzene rings is 1. The third-order valence-electron chi connectivity index (χ3n) is 2.23. The maximum absolute atomic E-state index is 12.0. The lowest BCUT2D eigenvalue weighted by Gasteiger charge is -2.09. The van der Waals surface area contributed by atoms with E-state index < -0.39 is 15.9 Å². The Morgan fingerprint density at radius 2 is 2.15 bits per heavy atom. The first kappa shape index (κ1) is 17.4. The molecule has 0 aliphatic rings. The third-order valence-corrected chi connectivity index (χ3v) is 4.61. The van der Waals surface area contributed by atoms with E-state index in [2.05, 4.69) is 26.0 Å². The first-order chi connectivity index (χ1) is 9.36. The molecule has 0 spiro atoms. The number of sulfonamides is 1. The summed E-state index contributed by atoms with van der Waals surface area (Å²) >= 11 is 9.05. The Hall–Kier alpha value is -0.670. The van der Waals surface area contributed by atoms with Gasteiger partial charge in [-0.05, 0) is 18.2 Å². The second-order valence-electron chi connectivity index (χ2n) is 3.74. The number of amides is 1. The van der Waals surface area contributed by atoms with E-state index in [0.717, 1.165) is 0 Å². The summed E-state index contributed by atoms with van der Waals surface area (Å²) < 4.78 is 31.6. The highest BCUT2D eigenvalue weighted by Gasteiger charge is 2.18. The van der Waals surface area contributed by atoms with E-state index in [0.29, 0.717) is 17.6 Å². The molecule has 0 saturated carbocycles. The predicted octanol–water partition coefficient (Wildman–Crippen LogP) is 1.14. The minimum absolute atomic E-state index is 0.0756. The topological polar surface area (TPSA) is 84.5 Å². The molecule has 0 fully saturated rings. The highest BCUT2D eigenvalue weighted by molar-refractivity contribution is 9.10. The smallest absolute Gasteiger partial charge is 0.242 e. The molecule has 0 bridgehead atoms. The van der Waals surface area contributed by atoms with Gasteiger partial charge >= 0.3 is 0 Å². The lowest BCUT2D eigenvalue weighted by atomic mass is 10.4. The molecule has 0 atom stereocenters. The number of hydrogen-bond acceptors (Lipinski definition) is 4. The van der Waals surface area contributed by atoms with E-state index in [1.54, 1.807) is 6.07 Å². The first-order valence-electron chi connectivity index (χ1n) is 5.57. The molecule has 0 radical (unpaired) electrons. The van der Waals surface area contributed by atoms with Crippen molar-refractivity contribution >= 4 is 43.5 Å². The summed E-state index contributed by atoms with van der Waals surface area (Å²) in [7, 11) is -2.32. The molecule has 20 heavy (non-hydrogen) atoms. The van der Waals surface area contributed by atoms with E-state index in [1.165, 1.54) is 19.2 Å². The average molecular weight is 386 g/mol. The molecule has 1 aromatic carbocycles. The van der Waals surface area contributed by atoms with E-state index in [-0.39, 0.29) is 16.5 Å². The van der Waals surface area contributed by atoms with Crippen LogP contribution in [-0.2, 0) is 19.6 Å². The second kappa shape index (κ2) is 7.94. The van der Waals surface area contributed by atoms with Gasteiger partial charge in [-0.1, -0.05) is 27.5 Å². The monoisotopic (exact) mass is 384 g/mol. The van der Waals surface area contributed by atoms with Gasteiger partial charge in [-0.3, -0.25) is 4.79 Å². The van der Waals surface area contributed by atoms with Crippen LogP contribution < -0.4 is 10.0 Å². The summed E-state index contributed by atoms with van der Waals surface area (Å²) in [5.74, 6) is -0.446. The zero-order valence-electron chi connectivity index (χ0n) is 10.7. The Labute approximate surface area is 131 Å². The maximum Gasteiger partial charge on any atom is 0.242 e. The van der Waals surface area contributed by atoms with Crippen LogP contribution in [-0.4, -0.2) is 41.1 Å². The number of hydrogen-bond donors (Lipinski definition) is 2. The van der Waals surface area contributed by atoms with Crippen molar-refractivity contribution in [2.75, 3.05) is 26.8 Å². The Balaban J connectivity index is 2.64. The average Bonchev–Trinajstić information content (AvgIpc) is 2.36. The molecule has 0 unspecified atom stereocenters. The molecule has 1 amide bonds. The lowest BCUT2D eigenvalue weighted by molar-refractivity contribution is -0.120. The summed E-state index contributed by atoms with van der Waals surface area (Å²) in [4.78, 5) is 11.3. The molecule has 2 N–H and O–H groups in total. The van der Waals surface area contributed by atoms with Gasteiger partial charge < -0.3 is 10.1 Å². The normalized spacial score (nSPS) is 11.3. The molecule has 0 saturated heterocycles. The Morgan fingerprint density at radius 1 is 1.45 bits per heavy atom. The number of nitrogens with one attached hydrogen (secondary N) is 2. The van der Waals surface area contributed by atoms with E-state index in [9.17, 15) is 13.2 Å². The van der Waals surface area contributed by atoms with E-state index in [1.807, 2.05) is 0 Å². The van der Waals surface area contributed by atoms with Crippen LogP contribution in [0.25, 0.3) is 0 Å². The van der Waals surface area contributed by atoms with Gasteiger partial charge in [0.15, 0.2) is 0 Å². The molecule has 0 heterocycles. The summed E-state index contributed by atoms with van der Waals surface area (Å²) in [5.41, 5.74) is 0. The van der Waals surface area contributed by atoms with Crippen LogP contribution in [0.5, 0.6) is 0 Å². The summed E-state index contributed by atoms with van der Waals surface area (Å²) in [6, 6.07) is 4.38. The zero-order chi connectivity index (χ0) is 15.2. The van der Waals surface area contributed by atoms with Gasteiger partial charge in [0.1, 0.15) is 4.90 Å². The van der Waals surface area contributed by atoms with Gasteiger partial charge in [0.05, 0.1) is 18.2 Å². The molecule has 112 valence electrons. The van der Waals surface area contributed by atoms with Crippen LogP contribution in [0.2, 0.25) is 5.02 Å². The van der Waals surface area contributed by atoms with Gasteiger partial charge in [0.2, 0.25) is 15.9 Å². The van der Waals surface area contributed by atoms with E-state index >= 15 is 0 Å². The molecule has 0 aliphatic carbocycles. The lowest BCUT2D eigenvalue weighted by Crippen LogP contribution is -2.38. The second-order valence-corrected chi connectivity index (χ2v) is 6.80. The number of ether oxygens (including phenoxy) is 1. The van der Waals surface area contributed by atoms with Crippen LogP contribution >= 0.6 is 27.5 Å². The number of methoxy groups -OCH3 is 1. The van der Waals surface area contributed by atoms with Crippen LogP contribution in [0, 0.1) is 0 Å². The van der Waals surface area contributed by atoms with Gasteiger partial charge in [0.25, 0.3) is 0 Å². The van der Waals surface area contributed by atoms with E-state index in [4.69, 9.17) is 16.3 Å². The molecule has 0 aromatic heterocycles. The Bertz CT molecular complexity index is 580. The number of carbonyl (C=O) groups is 1. The number of rotatable bonds is 7. The van der Waals surface area contributed by atoms with Crippen LogP contribution in [0.3, 0.4) is 0 Å².